The molecule has 0 bridgehead atoms. The van der Waals surface area contributed by atoms with Gasteiger partial charge in [0.25, 0.3) is 5.56 Å². The molecule has 8 N–H and O–H groups in total. The summed E-state index contributed by atoms with van der Waals surface area (Å²) in [5.74, 6) is -0.0862. The Hall–Kier alpha value is -1.70. The smallest absolute Gasteiger partial charge is 0.268 e. The minimum atomic E-state index is -0.495. The fourth-order valence-electron chi connectivity index (χ4n) is 0.706. The molecule has 0 radical (unpaired) electrons. The van der Waals surface area contributed by atoms with E-state index >= 15 is 0 Å². The maximum absolute atomic E-state index is 11.2. The molecule has 1 rings (SSSR count). The summed E-state index contributed by atoms with van der Waals surface area (Å²) in [5, 5.41) is 6.72. The third-order valence-corrected chi connectivity index (χ3v) is 1.95. The lowest BCUT2D eigenvalue weighted by Crippen LogP contribution is -2.18. The molecule has 1 aromatic rings. The highest BCUT2D eigenvalue weighted by Crippen LogP contribution is 2.17. The van der Waals surface area contributed by atoms with Crippen LogP contribution in [0, 0.1) is 5.41 Å². The molecule has 0 unspecified atom stereocenters. The molecule has 0 aromatic carbocycles. The molecule has 0 saturated carbocycles. The van der Waals surface area contributed by atoms with E-state index in [0.29, 0.717) is 0 Å². The van der Waals surface area contributed by atoms with E-state index in [9.17, 15) is 4.79 Å². The lowest BCUT2D eigenvalue weighted by molar-refractivity contribution is 1.07. The number of nitrogens with two attached hydrogens (primary N) is 3. The minimum Gasteiger partial charge on any atom is -0.382 e. The van der Waals surface area contributed by atoms with Crippen molar-refractivity contribution in [2.75, 3.05) is 11.5 Å². The normalized spacial score (nSPS) is 9.85. The maximum atomic E-state index is 11.2. The van der Waals surface area contributed by atoms with Gasteiger partial charge >= 0.3 is 0 Å². The first kappa shape index (κ1) is 9.39. The van der Waals surface area contributed by atoms with Crippen LogP contribution in [0.3, 0.4) is 0 Å². The van der Waals surface area contributed by atoms with Gasteiger partial charge in [0.15, 0.2) is 5.17 Å². The predicted molar refractivity (Wildman–Crippen MR) is 51.5 cm³/mol. The van der Waals surface area contributed by atoms with Crippen LogP contribution in [0.2, 0.25) is 0 Å². The van der Waals surface area contributed by atoms with Crippen LogP contribution in [-0.4, -0.2) is 15.1 Å². The van der Waals surface area contributed by atoms with Crippen molar-refractivity contribution >= 4 is 28.7 Å². The standard InChI is InChI=1S/C5H8N6OS/c6-2-1(13-4(7)8)3(12)11-5(9)10-2/h(H3,7,8)(H5,6,9,10,11,12). The quantitative estimate of drug-likeness (QED) is 0.221. The molecular weight excluding hydrogens is 192 g/mol. The highest BCUT2D eigenvalue weighted by molar-refractivity contribution is 8.13. The van der Waals surface area contributed by atoms with Crippen molar-refractivity contribution in [3.05, 3.63) is 10.4 Å². The van der Waals surface area contributed by atoms with Crippen LogP contribution >= 0.6 is 11.8 Å². The van der Waals surface area contributed by atoms with Crippen LogP contribution in [-0.2, 0) is 0 Å². The average Bonchev–Trinajstić information content (AvgIpc) is 1.96. The largest absolute Gasteiger partial charge is 0.382 e. The third-order valence-electron chi connectivity index (χ3n) is 1.13. The van der Waals surface area contributed by atoms with E-state index in [-0.39, 0.29) is 21.8 Å². The number of anilines is 2. The second-order valence-corrected chi connectivity index (χ2v) is 3.18. The van der Waals surface area contributed by atoms with Gasteiger partial charge in [-0.15, -0.1) is 0 Å². The molecule has 0 amide bonds. The van der Waals surface area contributed by atoms with Crippen molar-refractivity contribution in [3.8, 4) is 0 Å². The van der Waals surface area contributed by atoms with E-state index in [2.05, 4.69) is 9.97 Å². The van der Waals surface area contributed by atoms with E-state index in [1.54, 1.807) is 0 Å². The number of nitrogens with zero attached hydrogens (tertiary/aromatic N) is 1. The molecule has 0 atom stereocenters. The maximum Gasteiger partial charge on any atom is 0.268 e. The Bertz CT molecular complexity index is 399. The fourth-order valence-corrected chi connectivity index (χ4v) is 1.22. The van der Waals surface area contributed by atoms with Crippen molar-refractivity contribution in [1.82, 2.24) is 9.97 Å². The van der Waals surface area contributed by atoms with E-state index < -0.39 is 5.56 Å². The first-order chi connectivity index (χ1) is 6.00. The average molecular weight is 200 g/mol. The summed E-state index contributed by atoms with van der Waals surface area (Å²) in [6.45, 7) is 0. The predicted octanol–water partition coefficient (Wildman–Crippen LogP) is -1.08. The number of rotatable bonds is 1. The number of nitrogens with one attached hydrogen (secondary N) is 2. The summed E-state index contributed by atoms with van der Waals surface area (Å²) >= 11 is 0.735. The van der Waals surface area contributed by atoms with Crippen molar-refractivity contribution in [2.24, 2.45) is 5.73 Å². The van der Waals surface area contributed by atoms with Gasteiger partial charge in [0.1, 0.15) is 10.7 Å². The Labute approximate surface area is 77.2 Å². The Balaban J connectivity index is 3.21. The second-order valence-electron chi connectivity index (χ2n) is 2.13. The molecule has 70 valence electrons. The van der Waals surface area contributed by atoms with Gasteiger partial charge < -0.3 is 17.2 Å². The van der Waals surface area contributed by atoms with Crippen molar-refractivity contribution in [3.63, 3.8) is 0 Å². The Morgan fingerprint density at radius 2 is 2.15 bits per heavy atom. The molecule has 0 saturated heterocycles. The molecule has 0 aliphatic rings. The van der Waals surface area contributed by atoms with Crippen LogP contribution < -0.4 is 22.8 Å². The summed E-state index contributed by atoms with van der Waals surface area (Å²) in [7, 11) is 0. The Kier molecular flexibility index (Phi) is 2.42. The molecule has 7 nitrogen and oxygen atoms in total. The van der Waals surface area contributed by atoms with Gasteiger partial charge in [0.05, 0.1) is 0 Å². The highest BCUT2D eigenvalue weighted by atomic mass is 32.2. The molecule has 0 aliphatic carbocycles. The van der Waals surface area contributed by atoms with Crippen LogP contribution in [0.1, 0.15) is 0 Å². The number of aromatic nitrogens is 2. The topological polar surface area (TPSA) is 148 Å². The first-order valence-electron chi connectivity index (χ1n) is 3.18. The van der Waals surface area contributed by atoms with Crippen LogP contribution in [0.4, 0.5) is 11.8 Å². The summed E-state index contributed by atoms with van der Waals surface area (Å²) in [4.78, 5) is 17.1. The lowest BCUT2D eigenvalue weighted by Gasteiger charge is -2.01. The minimum absolute atomic E-state index is 0.0264. The number of nitrogen functional groups attached to an aromatic ring is 2. The monoisotopic (exact) mass is 200 g/mol. The number of H-pyrrole nitrogens is 1. The Morgan fingerprint density at radius 3 is 2.62 bits per heavy atom. The van der Waals surface area contributed by atoms with Gasteiger partial charge in [-0.05, 0) is 11.8 Å². The van der Waals surface area contributed by atoms with Gasteiger partial charge in [0.2, 0.25) is 5.95 Å². The van der Waals surface area contributed by atoms with Gasteiger partial charge in [-0.2, -0.15) is 4.98 Å². The molecular formula is C5H8N6OS. The van der Waals surface area contributed by atoms with Gasteiger partial charge in [-0.25, -0.2) is 0 Å². The molecule has 8 heteroatoms. The highest BCUT2D eigenvalue weighted by Gasteiger charge is 2.09. The van der Waals surface area contributed by atoms with E-state index in [4.69, 9.17) is 22.6 Å². The molecule has 1 aromatic heterocycles. The first-order valence-corrected chi connectivity index (χ1v) is 3.99. The van der Waals surface area contributed by atoms with Gasteiger partial charge in [0, 0.05) is 0 Å². The lowest BCUT2D eigenvalue weighted by atomic mass is 10.6. The summed E-state index contributed by atoms with van der Waals surface area (Å²) < 4.78 is 0. The van der Waals surface area contributed by atoms with Gasteiger partial charge in [-0.3, -0.25) is 15.2 Å². The number of amidine groups is 1. The van der Waals surface area contributed by atoms with Crippen LogP contribution in [0.15, 0.2) is 9.69 Å². The summed E-state index contributed by atoms with van der Waals surface area (Å²) in [6, 6.07) is 0. The Morgan fingerprint density at radius 1 is 1.54 bits per heavy atom. The zero-order chi connectivity index (χ0) is 10.0. The second kappa shape index (κ2) is 3.35. The van der Waals surface area contributed by atoms with Crippen molar-refractivity contribution in [1.29, 1.82) is 5.41 Å². The molecule has 0 spiro atoms. The number of hydrogen-bond donors (Lipinski definition) is 5. The molecule has 1 heterocycles. The van der Waals surface area contributed by atoms with Gasteiger partial charge in [-0.1, -0.05) is 0 Å². The fraction of sp³-hybridized carbons (Fsp3) is 0. The SMILES string of the molecule is N=C(N)Sc1c(N)nc(N)[nH]c1=O. The zero-order valence-electron chi connectivity index (χ0n) is 6.50. The van der Waals surface area contributed by atoms with Crippen molar-refractivity contribution < 1.29 is 0 Å². The number of aromatic amines is 1. The van der Waals surface area contributed by atoms with Crippen LogP contribution in [0.25, 0.3) is 0 Å². The number of thioether (sulfide) groups is 1. The molecule has 13 heavy (non-hydrogen) atoms. The molecule has 0 fully saturated rings. The number of hydrogen-bond acceptors (Lipinski definition) is 6. The van der Waals surface area contributed by atoms with E-state index in [1.807, 2.05) is 0 Å². The zero-order valence-corrected chi connectivity index (χ0v) is 7.31. The summed E-state index contributed by atoms with van der Waals surface area (Å²) in [6.07, 6.45) is 0. The molecule has 0 aliphatic heterocycles. The summed E-state index contributed by atoms with van der Waals surface area (Å²) in [5.41, 5.74) is 15.2. The van der Waals surface area contributed by atoms with Crippen LogP contribution in [0.5, 0.6) is 0 Å². The van der Waals surface area contributed by atoms with E-state index in [1.165, 1.54) is 0 Å². The van der Waals surface area contributed by atoms with E-state index in [0.717, 1.165) is 11.8 Å². The third kappa shape index (κ3) is 2.12. The van der Waals surface area contributed by atoms with Crippen molar-refractivity contribution in [2.45, 2.75) is 4.90 Å².